The number of hydrogen-bond donors (Lipinski definition) is 0. The maximum absolute atomic E-state index is 13.8. The van der Waals surface area contributed by atoms with Crippen LogP contribution in [0.2, 0.25) is 0 Å². The molecule has 1 aromatic rings. The van der Waals surface area contributed by atoms with E-state index in [1.165, 1.54) is 0 Å². The highest BCUT2D eigenvalue weighted by Gasteiger charge is 2.20. The lowest BCUT2D eigenvalue weighted by Gasteiger charge is -2.07. The van der Waals surface area contributed by atoms with E-state index in [0.717, 1.165) is 19.2 Å². The molecule has 0 unspecified atom stereocenters. The SMILES string of the molecule is C=NC(C)=N/C(=C\C)c1cc(F)c(C(=O)OC)c(F)c1. The van der Waals surface area contributed by atoms with Crippen LogP contribution in [0, 0.1) is 11.6 Å². The Bertz CT molecular complexity index is 584. The molecule has 1 rings (SSSR count). The lowest BCUT2D eigenvalue weighted by atomic mass is 10.1. The van der Waals surface area contributed by atoms with E-state index in [4.69, 9.17) is 0 Å². The van der Waals surface area contributed by atoms with Gasteiger partial charge in [0.1, 0.15) is 23.0 Å². The van der Waals surface area contributed by atoms with Gasteiger partial charge in [0.05, 0.1) is 12.8 Å². The summed E-state index contributed by atoms with van der Waals surface area (Å²) in [5, 5.41) is 0. The minimum absolute atomic E-state index is 0.193. The number of ether oxygens (including phenoxy) is 1. The van der Waals surface area contributed by atoms with E-state index in [1.807, 2.05) is 0 Å². The van der Waals surface area contributed by atoms with Gasteiger partial charge in [0, 0.05) is 5.56 Å². The molecule has 0 amide bonds. The van der Waals surface area contributed by atoms with E-state index < -0.39 is 23.2 Å². The van der Waals surface area contributed by atoms with Gasteiger partial charge in [-0.25, -0.2) is 23.6 Å². The van der Waals surface area contributed by atoms with Gasteiger partial charge in [-0.3, -0.25) is 0 Å². The molecule has 0 aliphatic carbocycles. The molecule has 0 atom stereocenters. The highest BCUT2D eigenvalue weighted by atomic mass is 19.1. The summed E-state index contributed by atoms with van der Waals surface area (Å²) in [5.74, 6) is -2.73. The van der Waals surface area contributed by atoms with Crippen molar-refractivity contribution in [2.75, 3.05) is 7.11 Å². The number of benzene rings is 1. The molecule has 0 aromatic heterocycles. The van der Waals surface area contributed by atoms with Crippen molar-refractivity contribution in [2.24, 2.45) is 9.98 Å². The fraction of sp³-hybridized carbons (Fsp3) is 0.214. The largest absolute Gasteiger partial charge is 0.465 e. The van der Waals surface area contributed by atoms with Crippen LogP contribution in [0.5, 0.6) is 0 Å². The van der Waals surface area contributed by atoms with E-state index in [1.54, 1.807) is 19.9 Å². The van der Waals surface area contributed by atoms with E-state index in [2.05, 4.69) is 21.4 Å². The second-order valence-electron chi connectivity index (χ2n) is 3.80. The van der Waals surface area contributed by atoms with Crippen LogP contribution in [0.25, 0.3) is 5.70 Å². The highest BCUT2D eigenvalue weighted by Crippen LogP contribution is 2.23. The Morgan fingerprint density at radius 2 is 1.90 bits per heavy atom. The summed E-state index contributed by atoms with van der Waals surface area (Å²) < 4.78 is 31.9. The second kappa shape index (κ2) is 6.70. The molecule has 4 nitrogen and oxygen atoms in total. The Hall–Kier alpha value is -2.37. The Balaban J connectivity index is 3.36. The molecule has 0 fully saturated rings. The average molecular weight is 280 g/mol. The van der Waals surface area contributed by atoms with Crippen molar-refractivity contribution < 1.29 is 18.3 Å². The van der Waals surface area contributed by atoms with Crippen molar-refractivity contribution in [3.63, 3.8) is 0 Å². The van der Waals surface area contributed by atoms with Crippen molar-refractivity contribution in [3.05, 3.63) is 41.0 Å². The Morgan fingerprint density at radius 3 is 2.30 bits per heavy atom. The monoisotopic (exact) mass is 280 g/mol. The zero-order valence-corrected chi connectivity index (χ0v) is 11.4. The van der Waals surface area contributed by atoms with Gasteiger partial charge in [-0.2, -0.15) is 0 Å². The molecule has 0 heterocycles. The number of carbonyl (C=O) groups excluding carboxylic acids is 1. The van der Waals surface area contributed by atoms with Gasteiger partial charge in [-0.05, 0) is 32.7 Å². The van der Waals surface area contributed by atoms with Gasteiger partial charge in [0.25, 0.3) is 0 Å². The van der Waals surface area contributed by atoms with Crippen LogP contribution in [0.15, 0.2) is 28.2 Å². The number of carbonyl (C=O) groups is 1. The van der Waals surface area contributed by atoms with E-state index in [-0.39, 0.29) is 5.56 Å². The number of rotatable bonds is 3. The van der Waals surface area contributed by atoms with Crippen molar-refractivity contribution >= 4 is 24.2 Å². The summed E-state index contributed by atoms with van der Waals surface area (Å²) in [6.45, 7) is 6.58. The van der Waals surface area contributed by atoms with Crippen molar-refractivity contribution in [1.82, 2.24) is 0 Å². The third kappa shape index (κ3) is 3.34. The molecule has 0 bridgehead atoms. The summed E-state index contributed by atoms with van der Waals surface area (Å²) in [4.78, 5) is 18.9. The maximum atomic E-state index is 13.8. The third-order valence-electron chi connectivity index (χ3n) is 2.51. The summed E-state index contributed by atoms with van der Waals surface area (Å²) in [6.07, 6.45) is 1.57. The van der Waals surface area contributed by atoms with Gasteiger partial charge in [-0.1, -0.05) is 6.08 Å². The zero-order chi connectivity index (χ0) is 15.3. The molecule has 20 heavy (non-hydrogen) atoms. The van der Waals surface area contributed by atoms with Gasteiger partial charge in [0.15, 0.2) is 0 Å². The van der Waals surface area contributed by atoms with E-state index in [0.29, 0.717) is 11.5 Å². The van der Waals surface area contributed by atoms with Crippen LogP contribution in [-0.4, -0.2) is 25.6 Å². The molecule has 1 aromatic carbocycles. The van der Waals surface area contributed by atoms with Crippen LogP contribution in [-0.2, 0) is 4.74 Å². The summed E-state index contributed by atoms with van der Waals surface area (Å²) >= 11 is 0. The number of hydrogen-bond acceptors (Lipinski definition) is 3. The number of aliphatic imine (C=N–C) groups is 2. The number of esters is 1. The summed E-state index contributed by atoms with van der Waals surface area (Å²) in [7, 11) is 1.05. The lowest BCUT2D eigenvalue weighted by molar-refractivity contribution is 0.0590. The van der Waals surface area contributed by atoms with Gasteiger partial charge < -0.3 is 4.74 Å². The molecular formula is C14H14F2N2O2. The van der Waals surface area contributed by atoms with Crippen molar-refractivity contribution in [2.45, 2.75) is 13.8 Å². The molecule has 0 aliphatic heterocycles. The van der Waals surface area contributed by atoms with Crippen LogP contribution >= 0.6 is 0 Å². The predicted octanol–water partition coefficient (Wildman–Crippen LogP) is 3.23. The van der Waals surface area contributed by atoms with E-state index >= 15 is 0 Å². The first-order valence-electron chi connectivity index (χ1n) is 5.70. The van der Waals surface area contributed by atoms with Crippen LogP contribution in [0.1, 0.15) is 29.8 Å². The fourth-order valence-corrected chi connectivity index (χ4v) is 1.52. The number of halogens is 2. The molecule has 0 N–H and O–H groups in total. The standard InChI is InChI=1S/C14H14F2N2O2/c1-5-12(18-8(2)17-3)9-6-10(15)13(11(16)7-9)14(19)20-4/h5-7H,3H2,1-2,4H3/b12-5-,18-8?. The lowest BCUT2D eigenvalue weighted by Crippen LogP contribution is -2.08. The molecule has 0 radical (unpaired) electrons. The highest BCUT2D eigenvalue weighted by molar-refractivity contribution is 5.91. The molecule has 0 spiro atoms. The van der Waals surface area contributed by atoms with Crippen molar-refractivity contribution in [3.8, 4) is 0 Å². The van der Waals surface area contributed by atoms with Gasteiger partial charge >= 0.3 is 5.97 Å². The first-order valence-corrected chi connectivity index (χ1v) is 5.70. The number of amidine groups is 1. The molecule has 6 heteroatoms. The van der Waals surface area contributed by atoms with Gasteiger partial charge in [0.2, 0.25) is 0 Å². The first-order chi connectivity index (χ1) is 9.44. The van der Waals surface area contributed by atoms with E-state index in [9.17, 15) is 13.6 Å². The van der Waals surface area contributed by atoms with Crippen LogP contribution in [0.3, 0.4) is 0 Å². The Kier molecular flexibility index (Phi) is 5.25. The second-order valence-corrected chi connectivity index (χ2v) is 3.80. The number of methoxy groups -OCH3 is 1. The number of nitrogens with zero attached hydrogens (tertiary/aromatic N) is 2. The van der Waals surface area contributed by atoms with Gasteiger partial charge in [-0.15, -0.1) is 0 Å². The average Bonchev–Trinajstić information content (AvgIpc) is 2.43. The Morgan fingerprint density at radius 1 is 1.35 bits per heavy atom. The third-order valence-corrected chi connectivity index (χ3v) is 2.51. The predicted molar refractivity (Wildman–Crippen MR) is 74.0 cm³/mol. The number of allylic oxidation sites excluding steroid dienone is 1. The quantitative estimate of drug-likeness (QED) is 0.485. The topological polar surface area (TPSA) is 51.0 Å². The first kappa shape index (κ1) is 15.7. The zero-order valence-electron chi connectivity index (χ0n) is 11.4. The molecule has 0 saturated carbocycles. The summed E-state index contributed by atoms with van der Waals surface area (Å²) in [6, 6.07) is 2.04. The molecule has 0 saturated heterocycles. The normalized spacial score (nSPS) is 12.2. The minimum Gasteiger partial charge on any atom is -0.465 e. The fourth-order valence-electron chi connectivity index (χ4n) is 1.52. The van der Waals surface area contributed by atoms with Crippen molar-refractivity contribution in [1.29, 1.82) is 0 Å². The van der Waals surface area contributed by atoms with Crippen LogP contribution in [0.4, 0.5) is 8.78 Å². The molecule has 106 valence electrons. The molecule has 0 aliphatic rings. The maximum Gasteiger partial charge on any atom is 0.343 e. The summed E-state index contributed by atoms with van der Waals surface area (Å²) in [5.41, 5.74) is -0.212. The Labute approximate surface area is 115 Å². The minimum atomic E-state index is -1.07. The molecular weight excluding hydrogens is 266 g/mol. The smallest absolute Gasteiger partial charge is 0.343 e. The van der Waals surface area contributed by atoms with Crippen LogP contribution < -0.4 is 0 Å².